The third-order valence-corrected chi connectivity index (χ3v) is 5.29. The van der Waals surface area contributed by atoms with Crippen molar-refractivity contribution in [3.8, 4) is 6.07 Å². The van der Waals surface area contributed by atoms with Gasteiger partial charge in [0.05, 0.1) is 23.3 Å². The van der Waals surface area contributed by atoms with Crippen molar-refractivity contribution in [1.29, 1.82) is 5.26 Å². The number of para-hydroxylation sites is 1. The summed E-state index contributed by atoms with van der Waals surface area (Å²) < 4.78 is 8.00. The van der Waals surface area contributed by atoms with Gasteiger partial charge in [-0.2, -0.15) is 5.26 Å². The molecule has 160 valence electrons. The average molecular weight is 412 g/mol. The number of carboxylic acid groups (broad SMARTS) is 1. The maximum Gasteiger partial charge on any atom is 0.326 e. The Balaban J connectivity index is 1.88. The topological polar surface area (TPSA) is 95.6 Å². The number of aryl methyl sites for hydroxylation is 1. The highest BCUT2D eigenvalue weighted by atomic mass is 16.5. The number of ether oxygens (including phenoxy) is 1. The first-order valence-electron chi connectivity index (χ1n) is 10.4. The quantitative estimate of drug-likeness (QED) is 0.699. The van der Waals surface area contributed by atoms with Crippen molar-refractivity contribution < 1.29 is 19.4 Å². The fraction of sp³-hybridized carbons (Fsp3) is 0.522. The Bertz CT molecular complexity index is 967. The molecule has 0 saturated carbocycles. The van der Waals surface area contributed by atoms with Crippen LogP contribution < -0.4 is 0 Å². The van der Waals surface area contributed by atoms with E-state index in [9.17, 15) is 14.7 Å². The summed E-state index contributed by atoms with van der Waals surface area (Å²) in [6, 6.07) is 8.90. The standard InChI is InChI=1S/C23H29N3O4/c1-23(2,3)30-16-13-20(22(28)29)26(14-16)21(27)18-15-25(12-8-4-7-11-24)19-10-6-5-9-17(18)19/h5-6,9-10,15-16,20H,4,7-8,12-14H2,1-3H3,(H,28,29)/t16-,20+/m1/s1. The summed E-state index contributed by atoms with van der Waals surface area (Å²) in [7, 11) is 0. The Hall–Kier alpha value is -2.85. The number of hydrogen-bond acceptors (Lipinski definition) is 4. The van der Waals surface area contributed by atoms with Gasteiger partial charge in [0.1, 0.15) is 6.04 Å². The number of carboxylic acids is 1. The summed E-state index contributed by atoms with van der Waals surface area (Å²) in [5, 5.41) is 19.2. The number of unbranched alkanes of at least 4 members (excludes halogenated alkanes) is 2. The van der Waals surface area contributed by atoms with Crippen molar-refractivity contribution >= 4 is 22.8 Å². The number of amides is 1. The van der Waals surface area contributed by atoms with Crippen molar-refractivity contribution in [2.45, 2.75) is 70.7 Å². The van der Waals surface area contributed by atoms with E-state index in [4.69, 9.17) is 10.00 Å². The summed E-state index contributed by atoms with van der Waals surface area (Å²) in [5.74, 6) is -1.29. The summed E-state index contributed by atoms with van der Waals surface area (Å²) in [5.41, 5.74) is 1.03. The minimum absolute atomic E-state index is 0.259. The predicted octanol–water partition coefficient (Wildman–Crippen LogP) is 3.82. The lowest BCUT2D eigenvalue weighted by atomic mass is 10.1. The molecule has 1 N–H and O–H groups in total. The number of nitrogens with zero attached hydrogens (tertiary/aromatic N) is 3. The van der Waals surface area contributed by atoms with Gasteiger partial charge in [-0.05, 0) is 39.7 Å². The average Bonchev–Trinajstić information content (AvgIpc) is 3.25. The van der Waals surface area contributed by atoms with Crippen LogP contribution in [0.25, 0.3) is 10.9 Å². The number of aliphatic carboxylic acids is 1. The third-order valence-electron chi connectivity index (χ3n) is 5.29. The van der Waals surface area contributed by atoms with Crippen LogP contribution in [0.1, 0.15) is 56.8 Å². The van der Waals surface area contributed by atoms with Gasteiger partial charge in [-0.1, -0.05) is 18.2 Å². The molecule has 0 aliphatic carbocycles. The minimum Gasteiger partial charge on any atom is -0.480 e. The van der Waals surface area contributed by atoms with Gasteiger partial charge in [0.25, 0.3) is 5.91 Å². The molecule has 2 heterocycles. The normalized spacial score (nSPS) is 19.2. The highest BCUT2D eigenvalue weighted by Crippen LogP contribution is 2.29. The molecule has 1 aromatic carbocycles. The monoisotopic (exact) mass is 411 g/mol. The Morgan fingerprint density at radius 1 is 1.27 bits per heavy atom. The van der Waals surface area contributed by atoms with Crippen LogP contribution in [0.4, 0.5) is 0 Å². The first kappa shape index (κ1) is 21.8. The fourth-order valence-corrected chi connectivity index (χ4v) is 4.08. The van der Waals surface area contributed by atoms with Crippen LogP contribution in [-0.2, 0) is 16.1 Å². The third kappa shape index (κ3) is 4.82. The molecule has 1 aromatic heterocycles. The molecule has 0 bridgehead atoms. The van der Waals surface area contributed by atoms with E-state index < -0.39 is 17.6 Å². The number of carbonyl (C=O) groups excluding carboxylic acids is 1. The molecule has 7 nitrogen and oxygen atoms in total. The van der Waals surface area contributed by atoms with E-state index in [0.29, 0.717) is 18.5 Å². The largest absolute Gasteiger partial charge is 0.480 e. The van der Waals surface area contributed by atoms with Crippen LogP contribution in [0.15, 0.2) is 30.5 Å². The molecule has 2 atom stereocenters. The number of rotatable bonds is 7. The summed E-state index contributed by atoms with van der Waals surface area (Å²) >= 11 is 0. The van der Waals surface area contributed by atoms with E-state index in [2.05, 4.69) is 6.07 Å². The van der Waals surface area contributed by atoms with Crippen molar-refractivity contribution in [1.82, 2.24) is 9.47 Å². The van der Waals surface area contributed by atoms with Gasteiger partial charge in [-0.25, -0.2) is 4.79 Å². The highest BCUT2D eigenvalue weighted by molar-refractivity contribution is 6.08. The van der Waals surface area contributed by atoms with Gasteiger partial charge in [0.2, 0.25) is 0 Å². The predicted molar refractivity (Wildman–Crippen MR) is 113 cm³/mol. The number of nitriles is 1. The molecule has 0 spiro atoms. The zero-order valence-corrected chi connectivity index (χ0v) is 17.8. The van der Waals surface area contributed by atoms with Crippen molar-refractivity contribution in [2.24, 2.45) is 0 Å². The molecule has 30 heavy (non-hydrogen) atoms. The van der Waals surface area contributed by atoms with E-state index in [-0.39, 0.29) is 25.0 Å². The summed E-state index contributed by atoms with van der Waals surface area (Å²) in [6.45, 7) is 6.73. The maximum atomic E-state index is 13.4. The van der Waals surface area contributed by atoms with Crippen molar-refractivity contribution in [3.63, 3.8) is 0 Å². The molecule has 1 fully saturated rings. The van der Waals surface area contributed by atoms with Crippen molar-refractivity contribution in [3.05, 3.63) is 36.0 Å². The van der Waals surface area contributed by atoms with Gasteiger partial charge in [0.15, 0.2) is 0 Å². The van der Waals surface area contributed by atoms with Gasteiger partial charge >= 0.3 is 5.97 Å². The molecule has 0 radical (unpaired) electrons. The number of likely N-dealkylation sites (tertiary alicyclic amines) is 1. The van der Waals surface area contributed by atoms with E-state index in [1.165, 1.54) is 4.90 Å². The Labute approximate surface area is 176 Å². The molecule has 2 aromatic rings. The lowest BCUT2D eigenvalue weighted by Gasteiger charge is -2.25. The van der Waals surface area contributed by atoms with Crippen LogP contribution >= 0.6 is 0 Å². The Morgan fingerprint density at radius 3 is 2.67 bits per heavy atom. The Kier molecular flexibility index (Phi) is 6.47. The summed E-state index contributed by atoms with van der Waals surface area (Å²) in [4.78, 5) is 26.7. The van der Waals surface area contributed by atoms with E-state index in [0.717, 1.165) is 23.7 Å². The van der Waals surface area contributed by atoms with Crippen LogP contribution in [0.2, 0.25) is 0 Å². The van der Waals surface area contributed by atoms with E-state index in [1.807, 2.05) is 55.8 Å². The first-order chi connectivity index (χ1) is 14.2. The van der Waals surface area contributed by atoms with E-state index >= 15 is 0 Å². The van der Waals surface area contributed by atoms with Gasteiger partial charge in [0, 0.05) is 43.0 Å². The van der Waals surface area contributed by atoms with Crippen molar-refractivity contribution in [2.75, 3.05) is 6.54 Å². The number of hydrogen-bond donors (Lipinski definition) is 1. The smallest absolute Gasteiger partial charge is 0.326 e. The Morgan fingerprint density at radius 2 is 2.00 bits per heavy atom. The van der Waals surface area contributed by atoms with E-state index in [1.54, 1.807) is 0 Å². The SMILES string of the molecule is CC(C)(C)O[C@@H]1C[C@@H](C(=O)O)N(C(=O)c2cn(CCCCC#N)c3ccccc23)C1. The fourth-order valence-electron chi connectivity index (χ4n) is 4.08. The second-order valence-electron chi connectivity index (χ2n) is 8.77. The highest BCUT2D eigenvalue weighted by Gasteiger charge is 2.42. The second-order valence-corrected chi connectivity index (χ2v) is 8.77. The zero-order chi connectivity index (χ0) is 21.9. The molecule has 7 heteroatoms. The molecule has 1 aliphatic rings. The van der Waals surface area contributed by atoms with Gasteiger partial charge in [-0.15, -0.1) is 0 Å². The zero-order valence-electron chi connectivity index (χ0n) is 17.8. The van der Waals surface area contributed by atoms with Gasteiger partial charge < -0.3 is 19.3 Å². The van der Waals surface area contributed by atoms with Crippen LogP contribution in [0.3, 0.4) is 0 Å². The van der Waals surface area contributed by atoms with Crippen LogP contribution in [0, 0.1) is 11.3 Å². The molecule has 1 aliphatic heterocycles. The lowest BCUT2D eigenvalue weighted by molar-refractivity contribution is -0.141. The minimum atomic E-state index is -1.01. The van der Waals surface area contributed by atoms with Crippen LogP contribution in [0.5, 0.6) is 0 Å². The first-order valence-corrected chi connectivity index (χ1v) is 10.4. The summed E-state index contributed by atoms with van der Waals surface area (Å²) in [6.07, 6.45) is 3.93. The molecular weight excluding hydrogens is 382 g/mol. The maximum absolute atomic E-state index is 13.4. The lowest BCUT2D eigenvalue weighted by Crippen LogP contribution is -2.40. The number of fused-ring (bicyclic) bond motifs is 1. The number of carbonyl (C=O) groups is 2. The molecule has 3 rings (SSSR count). The second kappa shape index (κ2) is 8.88. The molecule has 1 amide bonds. The number of benzene rings is 1. The van der Waals surface area contributed by atoms with Gasteiger partial charge in [-0.3, -0.25) is 4.79 Å². The van der Waals surface area contributed by atoms with Crippen LogP contribution in [-0.4, -0.2) is 50.7 Å². The molecule has 0 unspecified atom stereocenters. The molecule has 1 saturated heterocycles. The number of aromatic nitrogens is 1. The molecular formula is C23H29N3O4.